The van der Waals surface area contributed by atoms with Crippen LogP contribution in [0.25, 0.3) is 0 Å². The van der Waals surface area contributed by atoms with Crippen molar-refractivity contribution in [2.75, 3.05) is 6.61 Å². The summed E-state index contributed by atoms with van der Waals surface area (Å²) in [7, 11) is 0. The standard InChI is InChI=1S/C15H18N2O2/c1-3-18-13-5-4-6-14(9-13)19-15-8-7-12(10-17-15)11(2)16/h4-11H,3,16H2,1-2H3/t11-/m1/s1. The summed E-state index contributed by atoms with van der Waals surface area (Å²) in [4.78, 5) is 4.23. The smallest absolute Gasteiger partial charge is 0.219 e. The molecule has 1 aromatic carbocycles. The average molecular weight is 258 g/mol. The number of nitrogens with zero attached hydrogens (tertiary/aromatic N) is 1. The molecule has 2 N–H and O–H groups in total. The zero-order chi connectivity index (χ0) is 13.7. The Bertz CT molecular complexity index is 524. The molecule has 19 heavy (non-hydrogen) atoms. The molecule has 0 amide bonds. The summed E-state index contributed by atoms with van der Waals surface area (Å²) in [5.74, 6) is 2.03. The van der Waals surface area contributed by atoms with Crippen LogP contribution in [0.1, 0.15) is 25.5 Å². The third kappa shape index (κ3) is 3.69. The van der Waals surface area contributed by atoms with Gasteiger partial charge in [-0.05, 0) is 31.5 Å². The number of benzene rings is 1. The van der Waals surface area contributed by atoms with E-state index >= 15 is 0 Å². The van der Waals surface area contributed by atoms with E-state index in [-0.39, 0.29) is 6.04 Å². The minimum atomic E-state index is -0.0252. The SMILES string of the molecule is CCOc1cccc(Oc2ccc([C@@H](C)N)cn2)c1. The molecular weight excluding hydrogens is 240 g/mol. The van der Waals surface area contributed by atoms with E-state index in [1.165, 1.54) is 0 Å². The van der Waals surface area contributed by atoms with Gasteiger partial charge < -0.3 is 15.2 Å². The van der Waals surface area contributed by atoms with Crippen LogP contribution in [-0.4, -0.2) is 11.6 Å². The Kier molecular flexibility index (Phi) is 4.36. The van der Waals surface area contributed by atoms with Gasteiger partial charge in [-0.1, -0.05) is 12.1 Å². The molecule has 4 heteroatoms. The molecular formula is C15H18N2O2. The predicted octanol–water partition coefficient (Wildman–Crippen LogP) is 3.29. The first-order valence-corrected chi connectivity index (χ1v) is 6.31. The number of aromatic nitrogens is 1. The maximum absolute atomic E-state index is 5.77. The van der Waals surface area contributed by atoms with Crippen LogP contribution in [0.15, 0.2) is 42.6 Å². The fraction of sp³-hybridized carbons (Fsp3) is 0.267. The second kappa shape index (κ2) is 6.20. The number of nitrogens with two attached hydrogens (primary N) is 1. The lowest BCUT2D eigenvalue weighted by atomic mass is 10.2. The molecule has 100 valence electrons. The molecule has 0 fully saturated rings. The molecule has 1 aromatic heterocycles. The Morgan fingerprint density at radius 1 is 1.21 bits per heavy atom. The Hall–Kier alpha value is -2.07. The van der Waals surface area contributed by atoms with E-state index in [0.29, 0.717) is 18.2 Å². The van der Waals surface area contributed by atoms with Gasteiger partial charge in [-0.15, -0.1) is 0 Å². The summed E-state index contributed by atoms with van der Waals surface area (Å²) < 4.78 is 11.1. The molecule has 0 aliphatic carbocycles. The predicted molar refractivity (Wildman–Crippen MR) is 74.5 cm³/mol. The monoisotopic (exact) mass is 258 g/mol. The molecule has 0 saturated heterocycles. The zero-order valence-electron chi connectivity index (χ0n) is 11.2. The van der Waals surface area contributed by atoms with Gasteiger partial charge in [0.15, 0.2) is 0 Å². The molecule has 4 nitrogen and oxygen atoms in total. The van der Waals surface area contributed by atoms with Crippen molar-refractivity contribution in [3.63, 3.8) is 0 Å². The zero-order valence-corrected chi connectivity index (χ0v) is 11.2. The van der Waals surface area contributed by atoms with Crippen LogP contribution in [0.4, 0.5) is 0 Å². The molecule has 2 rings (SSSR count). The summed E-state index contributed by atoms with van der Waals surface area (Å²) in [6.45, 7) is 4.50. The second-order valence-electron chi connectivity index (χ2n) is 4.23. The average Bonchev–Trinajstić information content (AvgIpc) is 2.40. The van der Waals surface area contributed by atoms with Gasteiger partial charge in [-0.3, -0.25) is 0 Å². The van der Waals surface area contributed by atoms with Crippen LogP contribution in [0.3, 0.4) is 0 Å². The Balaban J connectivity index is 2.10. The molecule has 0 radical (unpaired) electrons. The van der Waals surface area contributed by atoms with Gasteiger partial charge in [-0.25, -0.2) is 4.98 Å². The van der Waals surface area contributed by atoms with Crippen molar-refractivity contribution in [2.24, 2.45) is 5.73 Å². The van der Waals surface area contributed by atoms with Crippen LogP contribution in [-0.2, 0) is 0 Å². The lowest BCUT2D eigenvalue weighted by molar-refractivity contribution is 0.338. The topological polar surface area (TPSA) is 57.4 Å². The van der Waals surface area contributed by atoms with Crippen molar-refractivity contribution in [2.45, 2.75) is 19.9 Å². The van der Waals surface area contributed by atoms with Crippen molar-refractivity contribution >= 4 is 0 Å². The molecule has 0 aliphatic rings. The summed E-state index contributed by atoms with van der Waals surface area (Å²) in [5, 5.41) is 0. The van der Waals surface area contributed by atoms with E-state index in [2.05, 4.69) is 4.98 Å². The normalized spacial score (nSPS) is 11.9. The molecule has 0 spiro atoms. The highest BCUT2D eigenvalue weighted by Gasteiger charge is 2.03. The fourth-order valence-electron chi connectivity index (χ4n) is 1.64. The number of hydrogen-bond donors (Lipinski definition) is 1. The first kappa shape index (κ1) is 13.4. The maximum Gasteiger partial charge on any atom is 0.219 e. The molecule has 0 aliphatic heterocycles. The van der Waals surface area contributed by atoms with E-state index in [1.807, 2.05) is 50.2 Å². The highest BCUT2D eigenvalue weighted by atomic mass is 16.5. The summed E-state index contributed by atoms with van der Waals surface area (Å²) in [6.07, 6.45) is 1.73. The number of hydrogen-bond acceptors (Lipinski definition) is 4. The highest BCUT2D eigenvalue weighted by molar-refractivity contribution is 5.35. The Morgan fingerprint density at radius 2 is 2.00 bits per heavy atom. The van der Waals surface area contributed by atoms with E-state index in [0.717, 1.165) is 11.3 Å². The lowest BCUT2D eigenvalue weighted by Crippen LogP contribution is -2.05. The van der Waals surface area contributed by atoms with E-state index < -0.39 is 0 Å². The first-order valence-electron chi connectivity index (χ1n) is 6.31. The minimum Gasteiger partial charge on any atom is -0.494 e. The van der Waals surface area contributed by atoms with Crippen LogP contribution in [0.2, 0.25) is 0 Å². The second-order valence-corrected chi connectivity index (χ2v) is 4.23. The van der Waals surface area contributed by atoms with Crippen LogP contribution < -0.4 is 15.2 Å². The van der Waals surface area contributed by atoms with Crippen LogP contribution >= 0.6 is 0 Å². The Morgan fingerprint density at radius 3 is 2.63 bits per heavy atom. The number of ether oxygens (including phenoxy) is 2. The van der Waals surface area contributed by atoms with Crippen molar-refractivity contribution in [1.29, 1.82) is 0 Å². The number of rotatable bonds is 5. The van der Waals surface area contributed by atoms with Crippen LogP contribution in [0.5, 0.6) is 17.4 Å². The maximum atomic E-state index is 5.77. The molecule has 0 bridgehead atoms. The molecule has 2 aromatic rings. The van der Waals surface area contributed by atoms with Gasteiger partial charge >= 0.3 is 0 Å². The van der Waals surface area contributed by atoms with Crippen molar-refractivity contribution in [3.8, 4) is 17.4 Å². The lowest BCUT2D eigenvalue weighted by Gasteiger charge is -2.09. The van der Waals surface area contributed by atoms with Gasteiger partial charge in [0.2, 0.25) is 5.88 Å². The third-order valence-corrected chi connectivity index (χ3v) is 2.62. The van der Waals surface area contributed by atoms with Gasteiger partial charge in [0.05, 0.1) is 6.61 Å². The third-order valence-electron chi connectivity index (χ3n) is 2.62. The van der Waals surface area contributed by atoms with E-state index in [4.69, 9.17) is 15.2 Å². The van der Waals surface area contributed by atoms with E-state index in [1.54, 1.807) is 6.20 Å². The largest absolute Gasteiger partial charge is 0.494 e. The quantitative estimate of drug-likeness (QED) is 0.894. The van der Waals surface area contributed by atoms with Gasteiger partial charge in [-0.2, -0.15) is 0 Å². The fourth-order valence-corrected chi connectivity index (χ4v) is 1.64. The van der Waals surface area contributed by atoms with Gasteiger partial charge in [0.25, 0.3) is 0 Å². The first-order chi connectivity index (χ1) is 9.19. The molecule has 0 saturated carbocycles. The van der Waals surface area contributed by atoms with Crippen molar-refractivity contribution in [1.82, 2.24) is 4.98 Å². The Labute approximate surface area is 113 Å². The van der Waals surface area contributed by atoms with Gasteiger partial charge in [0, 0.05) is 24.4 Å². The van der Waals surface area contributed by atoms with Crippen molar-refractivity contribution in [3.05, 3.63) is 48.2 Å². The molecule has 1 atom stereocenters. The minimum absolute atomic E-state index is 0.0252. The summed E-state index contributed by atoms with van der Waals surface area (Å²) in [6, 6.07) is 11.2. The summed E-state index contributed by atoms with van der Waals surface area (Å²) in [5.41, 5.74) is 6.75. The number of pyridine rings is 1. The van der Waals surface area contributed by atoms with E-state index in [9.17, 15) is 0 Å². The molecule has 1 heterocycles. The van der Waals surface area contributed by atoms with Crippen molar-refractivity contribution < 1.29 is 9.47 Å². The molecule has 0 unspecified atom stereocenters. The van der Waals surface area contributed by atoms with Gasteiger partial charge in [0.1, 0.15) is 11.5 Å². The highest BCUT2D eigenvalue weighted by Crippen LogP contribution is 2.24. The summed E-state index contributed by atoms with van der Waals surface area (Å²) >= 11 is 0. The van der Waals surface area contributed by atoms with Crippen LogP contribution in [0, 0.1) is 0 Å².